The number of ether oxygens (including phenoxy) is 2. The number of benzene rings is 2. The molecule has 3 atom stereocenters. The first-order valence-corrected chi connectivity index (χ1v) is 17.0. The van der Waals surface area contributed by atoms with Crippen LogP contribution in [0.15, 0.2) is 24.4 Å². The molecule has 1 unspecified atom stereocenters. The van der Waals surface area contributed by atoms with E-state index in [1.54, 1.807) is 6.20 Å². The van der Waals surface area contributed by atoms with Gasteiger partial charge in [0.2, 0.25) is 0 Å². The molecule has 3 aromatic heterocycles. The summed E-state index contributed by atoms with van der Waals surface area (Å²) in [7, 11) is 0. The summed E-state index contributed by atoms with van der Waals surface area (Å²) in [5.74, 6) is -0.816. The number of hydrogen-bond acceptors (Lipinski definition) is 10. The molecule has 0 spiro atoms. The highest BCUT2D eigenvalue weighted by Gasteiger charge is 2.49. The smallest absolute Gasteiger partial charge is 0.319 e. The molecule has 15 heteroatoms. The van der Waals surface area contributed by atoms with E-state index in [9.17, 15) is 9.65 Å². The van der Waals surface area contributed by atoms with Crippen LogP contribution in [0.25, 0.3) is 32.1 Å². The van der Waals surface area contributed by atoms with E-state index in [0.717, 1.165) is 36.4 Å². The zero-order valence-corrected chi connectivity index (χ0v) is 27.1. The summed E-state index contributed by atoms with van der Waals surface area (Å²) in [6, 6.07) is 6.32. The molecule has 0 amide bonds. The minimum atomic E-state index is -0.947. The first-order chi connectivity index (χ1) is 23.3. The number of anilines is 2. The van der Waals surface area contributed by atoms with Crippen molar-refractivity contribution in [1.82, 2.24) is 24.6 Å². The third kappa shape index (κ3) is 4.30. The van der Waals surface area contributed by atoms with Gasteiger partial charge in [0.1, 0.15) is 47.6 Å². The molecule has 4 aliphatic heterocycles. The fourth-order valence-electron chi connectivity index (χ4n) is 8.06. The quantitative estimate of drug-likeness (QED) is 0.234. The number of aryl methyl sites for hydroxylation is 1. The third-order valence-corrected chi connectivity index (χ3v) is 11.7. The van der Waals surface area contributed by atoms with Crippen molar-refractivity contribution in [3.8, 4) is 29.0 Å². The minimum absolute atomic E-state index is 0.0346. The first-order valence-electron chi connectivity index (χ1n) is 15.8. The number of halogens is 4. The Labute approximate surface area is 281 Å². The molecule has 48 heavy (non-hydrogen) atoms. The van der Waals surface area contributed by atoms with Crippen molar-refractivity contribution >= 4 is 54.7 Å². The van der Waals surface area contributed by atoms with Crippen molar-refractivity contribution in [3.63, 3.8) is 0 Å². The highest BCUT2D eigenvalue weighted by Crippen LogP contribution is 2.51. The topological polar surface area (TPSA) is 118 Å². The second-order valence-electron chi connectivity index (χ2n) is 12.9. The van der Waals surface area contributed by atoms with Gasteiger partial charge >= 0.3 is 6.01 Å². The average Bonchev–Trinajstić information content (AvgIpc) is 3.78. The zero-order valence-electron chi connectivity index (χ0n) is 25.5. The van der Waals surface area contributed by atoms with Crippen molar-refractivity contribution in [1.29, 1.82) is 5.26 Å². The zero-order chi connectivity index (χ0) is 32.9. The van der Waals surface area contributed by atoms with Gasteiger partial charge in [-0.05, 0) is 43.5 Å². The maximum atomic E-state index is 17.2. The van der Waals surface area contributed by atoms with Gasteiger partial charge in [-0.25, -0.2) is 13.2 Å². The maximum Gasteiger partial charge on any atom is 0.319 e. The lowest BCUT2D eigenvalue weighted by atomic mass is 9.95. The molecule has 10 nitrogen and oxygen atoms in total. The van der Waals surface area contributed by atoms with E-state index in [1.807, 2.05) is 16.8 Å². The van der Waals surface area contributed by atoms with Crippen LogP contribution < -0.4 is 20.1 Å². The number of fused-ring (bicyclic) bond motifs is 5. The fourth-order valence-corrected chi connectivity index (χ4v) is 9.35. The van der Waals surface area contributed by atoms with E-state index >= 15 is 8.78 Å². The summed E-state index contributed by atoms with van der Waals surface area (Å²) in [4.78, 5) is 13.7. The van der Waals surface area contributed by atoms with Gasteiger partial charge in [-0.15, -0.1) is 11.3 Å². The molecule has 0 saturated carbocycles. The minimum Gasteiger partial charge on any atom is -0.489 e. The van der Waals surface area contributed by atoms with Crippen LogP contribution in [0.3, 0.4) is 0 Å². The van der Waals surface area contributed by atoms with Crippen LogP contribution in [0.1, 0.15) is 36.9 Å². The van der Waals surface area contributed by atoms with E-state index in [0.29, 0.717) is 38.3 Å². The maximum absolute atomic E-state index is 17.2. The van der Waals surface area contributed by atoms with Crippen molar-refractivity contribution in [2.45, 2.75) is 56.5 Å². The largest absolute Gasteiger partial charge is 0.489 e. The Kier molecular flexibility index (Phi) is 6.73. The van der Waals surface area contributed by atoms with Crippen LogP contribution in [0.2, 0.25) is 5.02 Å². The summed E-state index contributed by atoms with van der Waals surface area (Å²) in [6.07, 6.45) is 3.52. The number of alkyl halides is 1. The van der Waals surface area contributed by atoms with E-state index < -0.39 is 23.3 Å². The molecule has 2 fully saturated rings. The lowest BCUT2D eigenvalue weighted by Crippen LogP contribution is -2.43. The normalized spacial score (nSPS) is 23.4. The predicted molar refractivity (Wildman–Crippen MR) is 175 cm³/mol. The summed E-state index contributed by atoms with van der Waals surface area (Å²) in [5.41, 5.74) is 6.61. The number of rotatable bonds is 4. The fraction of sp³-hybridized carbons (Fsp3) is 0.394. The average molecular weight is 693 g/mol. The van der Waals surface area contributed by atoms with Crippen LogP contribution in [0, 0.1) is 23.0 Å². The molecule has 0 aliphatic carbocycles. The van der Waals surface area contributed by atoms with E-state index in [-0.39, 0.29) is 78.7 Å². The van der Waals surface area contributed by atoms with E-state index in [4.69, 9.17) is 31.8 Å². The van der Waals surface area contributed by atoms with Crippen molar-refractivity contribution in [2.75, 3.05) is 36.9 Å². The van der Waals surface area contributed by atoms with Gasteiger partial charge in [0.05, 0.1) is 44.5 Å². The van der Waals surface area contributed by atoms with Crippen LogP contribution >= 0.6 is 22.9 Å². The molecule has 2 N–H and O–H groups in total. The van der Waals surface area contributed by atoms with Gasteiger partial charge in [0.25, 0.3) is 0 Å². The van der Waals surface area contributed by atoms with E-state index in [1.165, 1.54) is 12.1 Å². The monoisotopic (exact) mass is 692 g/mol. The van der Waals surface area contributed by atoms with E-state index in [2.05, 4.69) is 19.9 Å². The van der Waals surface area contributed by atoms with Crippen molar-refractivity contribution in [3.05, 3.63) is 52.3 Å². The van der Waals surface area contributed by atoms with Crippen LogP contribution in [0.4, 0.5) is 24.0 Å². The van der Waals surface area contributed by atoms with Crippen LogP contribution in [0.5, 0.6) is 11.8 Å². The molecule has 5 aromatic rings. The standard InChI is InChI=1S/C33H28ClF3N8O2S/c34-25-23(19-2-3-21(36)29-22(19)20(11-38)30(39)48-29)26(37)27-24-28(25)46-14-18-5-9-45-17(4-7-40-45)13-44(18)31(24)42-32(41-27)47-15-33-6-1-8-43(33)12-16(35)10-33/h2-4,7,16,18H,1,5-6,8-10,12-15,39H2/t16-,18?,33+/m1/s1. The Morgan fingerprint density at radius 1 is 1.21 bits per heavy atom. The second kappa shape index (κ2) is 10.8. The Hall–Kier alpha value is -4.32. The summed E-state index contributed by atoms with van der Waals surface area (Å²) in [5, 5.41) is 14.9. The molecule has 4 aliphatic rings. The Balaban J connectivity index is 1.27. The Bertz CT molecular complexity index is 2200. The lowest BCUT2D eigenvalue weighted by Gasteiger charge is -2.31. The predicted octanol–water partition coefficient (Wildman–Crippen LogP) is 6.22. The summed E-state index contributed by atoms with van der Waals surface area (Å²) < 4.78 is 61.6. The number of hydrogen-bond donors (Lipinski definition) is 1. The third-order valence-electron chi connectivity index (χ3n) is 10.3. The van der Waals surface area contributed by atoms with Crippen LogP contribution in [-0.4, -0.2) is 68.7 Å². The number of nitriles is 1. The van der Waals surface area contributed by atoms with Gasteiger partial charge in [-0.3, -0.25) is 9.58 Å². The summed E-state index contributed by atoms with van der Waals surface area (Å²) >= 11 is 7.99. The molecule has 2 saturated heterocycles. The summed E-state index contributed by atoms with van der Waals surface area (Å²) in [6.45, 7) is 2.56. The highest BCUT2D eigenvalue weighted by molar-refractivity contribution is 7.23. The number of aromatic nitrogens is 4. The number of nitrogen functional groups attached to an aromatic ring is 1. The van der Waals surface area contributed by atoms with Gasteiger partial charge in [-0.1, -0.05) is 17.7 Å². The van der Waals surface area contributed by atoms with Crippen molar-refractivity contribution < 1.29 is 22.6 Å². The molecular formula is C33H28ClF3N8O2S. The van der Waals surface area contributed by atoms with Gasteiger partial charge in [0, 0.05) is 36.7 Å². The van der Waals surface area contributed by atoms with Gasteiger partial charge < -0.3 is 20.1 Å². The molecule has 246 valence electrons. The SMILES string of the molecule is N#Cc1c(N)sc2c(F)ccc(-c3c(Cl)c4c5c(nc(OC[C@@]67CCCN6C[C@H](F)C7)nc5c3F)N3Cc5ccnn5CCC3CO4)c12. The number of thiophene rings is 1. The molecule has 9 rings (SSSR count). The van der Waals surface area contributed by atoms with Crippen molar-refractivity contribution in [2.24, 2.45) is 0 Å². The lowest BCUT2D eigenvalue weighted by molar-refractivity contribution is 0.107. The molecule has 0 radical (unpaired) electrons. The molecule has 7 heterocycles. The number of nitrogens with two attached hydrogens (primary N) is 1. The first kappa shape index (κ1) is 29.8. The molecular weight excluding hydrogens is 665 g/mol. The van der Waals surface area contributed by atoms with Gasteiger partial charge in [-0.2, -0.15) is 20.3 Å². The number of nitrogens with zero attached hydrogens (tertiary/aromatic N) is 7. The Morgan fingerprint density at radius 3 is 2.94 bits per heavy atom. The molecule has 0 bridgehead atoms. The second-order valence-corrected chi connectivity index (χ2v) is 14.4. The van der Waals surface area contributed by atoms with Gasteiger partial charge in [0.15, 0.2) is 11.6 Å². The Morgan fingerprint density at radius 2 is 2.08 bits per heavy atom. The van der Waals surface area contributed by atoms with Crippen LogP contribution in [-0.2, 0) is 13.1 Å². The molecule has 2 aromatic carbocycles. The highest BCUT2D eigenvalue weighted by atomic mass is 35.5.